The smallest absolute Gasteiger partial charge is 0.297 e. The van der Waals surface area contributed by atoms with E-state index in [2.05, 4.69) is 4.98 Å². The van der Waals surface area contributed by atoms with Gasteiger partial charge < -0.3 is 4.90 Å². The maximum Gasteiger partial charge on any atom is 0.297 e. The van der Waals surface area contributed by atoms with Crippen LogP contribution in [-0.4, -0.2) is 60.7 Å². The quantitative estimate of drug-likeness (QED) is 0.0916. The highest BCUT2D eigenvalue weighted by Gasteiger charge is 2.53. The predicted molar refractivity (Wildman–Crippen MR) is 159 cm³/mol. The summed E-state index contributed by atoms with van der Waals surface area (Å²) in [6.45, 7) is 1.84. The monoisotopic (exact) mass is 632 g/mol. The number of nitro groups is 1. The third-order valence-electron chi connectivity index (χ3n) is 7.13. The lowest BCUT2D eigenvalue weighted by Gasteiger charge is -2.25. The van der Waals surface area contributed by atoms with Crippen molar-refractivity contribution in [3.63, 3.8) is 0 Å². The number of hydrogen-bond acceptors (Lipinski definition) is 10. The Kier molecular flexibility index (Phi) is 7.97. The molecule has 0 spiro atoms. The lowest BCUT2D eigenvalue weighted by molar-refractivity contribution is -0.384. The molecule has 1 aliphatic rings. The molecule has 0 aliphatic carbocycles. The summed E-state index contributed by atoms with van der Waals surface area (Å²) in [5.74, 6) is -4.37. The van der Waals surface area contributed by atoms with Crippen molar-refractivity contribution in [1.29, 1.82) is 0 Å². The molecule has 0 radical (unpaired) electrons. The molecule has 4 aromatic rings. The van der Waals surface area contributed by atoms with Gasteiger partial charge in [0.2, 0.25) is 15.6 Å². The average molecular weight is 633 g/mol. The highest BCUT2D eigenvalue weighted by Crippen LogP contribution is 2.43. The summed E-state index contributed by atoms with van der Waals surface area (Å²) in [5, 5.41) is 10.9. The lowest BCUT2D eigenvalue weighted by Crippen LogP contribution is -2.30. The number of hydrogen-bond donors (Lipinski definition) is 0. The van der Waals surface area contributed by atoms with Crippen LogP contribution in [0.2, 0.25) is 0 Å². The van der Waals surface area contributed by atoms with Gasteiger partial charge in [-0.3, -0.25) is 34.2 Å². The number of carbonyl (C=O) groups is 4. The van der Waals surface area contributed by atoms with Gasteiger partial charge >= 0.3 is 0 Å². The van der Waals surface area contributed by atoms with Crippen molar-refractivity contribution in [3.05, 3.63) is 111 Å². The summed E-state index contributed by atoms with van der Waals surface area (Å²) in [6, 6.07) is 15.8. The molecule has 0 N–H and O–H groups in total. The van der Waals surface area contributed by atoms with Gasteiger partial charge in [-0.2, -0.15) is 0 Å². The number of benzene rings is 3. The normalized spacial score (nSPS) is 16.7. The second kappa shape index (κ2) is 11.5. The zero-order valence-electron chi connectivity index (χ0n) is 23.5. The maximum atomic E-state index is 13.7. The maximum absolute atomic E-state index is 13.7. The van der Waals surface area contributed by atoms with Crippen molar-refractivity contribution in [3.8, 4) is 0 Å². The molecule has 14 heteroatoms. The van der Waals surface area contributed by atoms with Gasteiger partial charge in [0.15, 0.2) is 10.9 Å². The summed E-state index contributed by atoms with van der Waals surface area (Å²) in [4.78, 5) is 69.8. The molecular weight excluding hydrogens is 608 g/mol. The molecule has 0 saturated carbocycles. The average Bonchev–Trinajstić information content (AvgIpc) is 3.60. The molecule has 1 fully saturated rings. The lowest BCUT2D eigenvalue weighted by atomic mass is 9.86. The number of sulfone groups is 1. The van der Waals surface area contributed by atoms with Gasteiger partial charge in [-0.1, -0.05) is 53.3 Å². The molecule has 2 amide bonds. The summed E-state index contributed by atoms with van der Waals surface area (Å²) in [5.41, 5.74) is 1.52. The Morgan fingerprint density at radius 3 is 2.09 bits per heavy atom. The van der Waals surface area contributed by atoms with Crippen LogP contribution in [0.1, 0.15) is 37.9 Å². The number of rotatable bonds is 8. The molecule has 0 bridgehead atoms. The molecule has 3 aromatic carbocycles. The van der Waals surface area contributed by atoms with Crippen LogP contribution >= 0.6 is 11.3 Å². The Labute approximate surface area is 255 Å². The van der Waals surface area contributed by atoms with Crippen LogP contribution < -0.4 is 4.90 Å². The zero-order valence-corrected chi connectivity index (χ0v) is 25.2. The van der Waals surface area contributed by atoms with Gasteiger partial charge in [-0.05, 0) is 36.8 Å². The van der Waals surface area contributed by atoms with Crippen LogP contribution in [-0.2, 0) is 19.4 Å². The van der Waals surface area contributed by atoms with E-state index >= 15 is 0 Å². The van der Waals surface area contributed by atoms with Crippen LogP contribution in [0.3, 0.4) is 0 Å². The number of aryl methyl sites for hydroxylation is 1. The number of Topliss-reactive ketones (excluding diaryl/α,β-unsaturated/α-hetero) is 2. The third-order valence-corrected chi connectivity index (χ3v) is 10.4. The number of aromatic nitrogens is 1. The first-order valence-electron chi connectivity index (χ1n) is 13.1. The summed E-state index contributed by atoms with van der Waals surface area (Å²) < 4.78 is 26.4. The molecule has 12 nitrogen and oxygen atoms in total. The minimum atomic E-state index is -4.20. The van der Waals surface area contributed by atoms with Gasteiger partial charge in [0.1, 0.15) is 10.1 Å². The van der Waals surface area contributed by atoms with E-state index in [1.54, 1.807) is 38.4 Å². The standard InChI is InChI=1S/C30H24N4O8S2/c1-17-4-6-19(7-5-17)26(35)24-25(18-8-10-20(11-9-18)28(37)32(2)3)33(29(38)27(24)36)30-31-16-23(43-30)44(41,42)22-14-12-21(13-15-22)34(39)40/h4-16,24-25H,1-3H3. The zero-order chi connectivity index (χ0) is 31.9. The first kappa shape index (κ1) is 30.4. The second-order valence-electron chi connectivity index (χ2n) is 10.2. The Bertz CT molecular complexity index is 1920. The van der Waals surface area contributed by atoms with Crippen LogP contribution in [0.5, 0.6) is 0 Å². The fourth-order valence-corrected chi connectivity index (χ4v) is 7.36. The Morgan fingerprint density at radius 2 is 1.52 bits per heavy atom. The van der Waals surface area contributed by atoms with Crippen molar-refractivity contribution in [1.82, 2.24) is 9.88 Å². The minimum Gasteiger partial charge on any atom is -0.345 e. The molecule has 1 aromatic heterocycles. The number of nitrogens with zero attached hydrogens (tertiary/aromatic N) is 4. The second-order valence-corrected chi connectivity index (χ2v) is 13.4. The fraction of sp³-hybridized carbons (Fsp3) is 0.167. The molecule has 5 rings (SSSR count). The van der Waals surface area contributed by atoms with Crippen LogP contribution in [0.25, 0.3) is 0 Å². The third kappa shape index (κ3) is 5.40. The highest BCUT2D eigenvalue weighted by atomic mass is 32.2. The number of amides is 2. The van der Waals surface area contributed by atoms with Crippen molar-refractivity contribution < 1.29 is 32.5 Å². The number of carbonyl (C=O) groups excluding carboxylic acids is 4. The predicted octanol–water partition coefficient (Wildman–Crippen LogP) is 4.05. The number of nitro benzene ring substituents is 1. The van der Waals surface area contributed by atoms with Crippen molar-refractivity contribution in [2.24, 2.45) is 5.92 Å². The number of thiazole rings is 1. The van der Waals surface area contributed by atoms with Gasteiger partial charge in [0, 0.05) is 37.4 Å². The summed E-state index contributed by atoms with van der Waals surface area (Å²) in [6.07, 6.45) is 1.03. The Balaban J connectivity index is 1.58. The first-order chi connectivity index (χ1) is 20.8. The molecule has 2 unspecified atom stereocenters. The molecule has 2 atom stereocenters. The van der Waals surface area contributed by atoms with Crippen molar-refractivity contribution >= 4 is 55.4 Å². The SMILES string of the molecule is Cc1ccc(C(=O)C2C(=O)C(=O)N(c3ncc(S(=O)(=O)c4ccc([N+](=O)[O-])cc4)s3)C2c2ccc(C(=O)N(C)C)cc2)cc1. The van der Waals surface area contributed by atoms with E-state index in [4.69, 9.17) is 0 Å². The highest BCUT2D eigenvalue weighted by molar-refractivity contribution is 7.93. The Morgan fingerprint density at radius 1 is 0.932 bits per heavy atom. The number of non-ortho nitro benzene ring substituents is 1. The largest absolute Gasteiger partial charge is 0.345 e. The summed E-state index contributed by atoms with van der Waals surface area (Å²) in [7, 11) is -1.02. The number of ketones is 2. The first-order valence-corrected chi connectivity index (χ1v) is 15.4. The minimum absolute atomic E-state index is 0.138. The molecule has 1 aliphatic heterocycles. The van der Waals surface area contributed by atoms with E-state index in [1.165, 1.54) is 29.2 Å². The van der Waals surface area contributed by atoms with Crippen LogP contribution in [0.15, 0.2) is 88.1 Å². The topological polar surface area (TPSA) is 165 Å². The van der Waals surface area contributed by atoms with E-state index in [0.717, 1.165) is 40.9 Å². The molecule has 224 valence electrons. The van der Waals surface area contributed by atoms with Crippen LogP contribution in [0, 0.1) is 23.0 Å². The van der Waals surface area contributed by atoms with Crippen molar-refractivity contribution in [2.75, 3.05) is 19.0 Å². The van der Waals surface area contributed by atoms with E-state index in [9.17, 15) is 37.7 Å². The van der Waals surface area contributed by atoms with E-state index < -0.39 is 44.2 Å². The van der Waals surface area contributed by atoms with Gasteiger partial charge in [-0.15, -0.1) is 0 Å². The number of anilines is 1. The molecule has 2 heterocycles. The fourth-order valence-electron chi connectivity index (χ4n) is 4.81. The van der Waals surface area contributed by atoms with E-state index in [0.29, 0.717) is 22.5 Å². The van der Waals surface area contributed by atoms with E-state index in [-0.39, 0.29) is 31.4 Å². The molecule has 1 saturated heterocycles. The molecular formula is C30H24N4O8S2. The van der Waals surface area contributed by atoms with Gasteiger partial charge in [0.25, 0.3) is 17.5 Å². The van der Waals surface area contributed by atoms with Gasteiger partial charge in [-0.25, -0.2) is 13.4 Å². The van der Waals surface area contributed by atoms with Gasteiger partial charge in [0.05, 0.1) is 22.1 Å². The Hall–Kier alpha value is -5.08. The van der Waals surface area contributed by atoms with Crippen LogP contribution in [0.4, 0.5) is 10.8 Å². The van der Waals surface area contributed by atoms with E-state index in [1.807, 2.05) is 6.92 Å². The van der Waals surface area contributed by atoms with Crippen molar-refractivity contribution in [2.45, 2.75) is 22.1 Å². The summed E-state index contributed by atoms with van der Waals surface area (Å²) >= 11 is 0.618. The molecule has 44 heavy (non-hydrogen) atoms.